The van der Waals surface area contributed by atoms with Crippen molar-refractivity contribution >= 4 is 35.4 Å². The first-order valence-corrected chi connectivity index (χ1v) is 10.9. The van der Waals surface area contributed by atoms with E-state index in [1.165, 1.54) is 24.2 Å². The Kier molecular flexibility index (Phi) is 6.00. The molecule has 6 heteroatoms. The van der Waals surface area contributed by atoms with Gasteiger partial charge in [-0.15, -0.1) is 23.5 Å². The Hall–Kier alpha value is -1.14. The zero-order valence-electron chi connectivity index (χ0n) is 14.7. The Morgan fingerprint density at radius 3 is 2.28 bits per heavy atom. The second kappa shape index (κ2) is 8.04. The number of esters is 1. The lowest BCUT2D eigenvalue weighted by atomic mass is 9.77. The van der Waals surface area contributed by atoms with E-state index in [-0.39, 0.29) is 11.9 Å². The van der Waals surface area contributed by atoms with Gasteiger partial charge < -0.3 is 10.1 Å². The molecule has 2 aliphatic rings. The average molecular weight is 380 g/mol. The smallest absolute Gasteiger partial charge is 0.331 e. The van der Waals surface area contributed by atoms with Crippen molar-refractivity contribution < 1.29 is 14.3 Å². The van der Waals surface area contributed by atoms with Gasteiger partial charge in [0.15, 0.2) is 0 Å². The number of amides is 1. The van der Waals surface area contributed by atoms with Crippen molar-refractivity contribution in [1.29, 1.82) is 0 Å². The largest absolute Gasteiger partial charge is 0.467 e. The first kappa shape index (κ1) is 18.6. The van der Waals surface area contributed by atoms with Crippen LogP contribution in [0.2, 0.25) is 0 Å². The van der Waals surface area contributed by atoms with Crippen LogP contribution >= 0.6 is 23.5 Å². The molecule has 0 atom stereocenters. The van der Waals surface area contributed by atoms with Crippen molar-refractivity contribution in [2.24, 2.45) is 5.92 Å². The quantitative estimate of drug-likeness (QED) is 0.801. The van der Waals surface area contributed by atoms with E-state index in [0.29, 0.717) is 28.9 Å². The van der Waals surface area contributed by atoms with E-state index in [0.717, 1.165) is 12.8 Å². The molecule has 0 radical (unpaired) electrons. The number of thioether (sulfide) groups is 2. The Balaban J connectivity index is 1.71. The summed E-state index contributed by atoms with van der Waals surface area (Å²) in [6, 6.07) is 7.78. The summed E-state index contributed by atoms with van der Waals surface area (Å²) in [6.07, 6.45) is 3.12. The molecule has 2 fully saturated rings. The van der Waals surface area contributed by atoms with Crippen molar-refractivity contribution in [1.82, 2.24) is 5.32 Å². The van der Waals surface area contributed by atoms with Gasteiger partial charge in [-0.25, -0.2) is 4.79 Å². The molecule has 1 saturated heterocycles. The molecule has 1 N–H and O–H groups in total. The monoisotopic (exact) mass is 379 g/mol. The van der Waals surface area contributed by atoms with Crippen molar-refractivity contribution in [2.75, 3.05) is 18.6 Å². The van der Waals surface area contributed by atoms with Gasteiger partial charge in [-0.3, -0.25) is 4.79 Å². The van der Waals surface area contributed by atoms with Gasteiger partial charge in [0, 0.05) is 17.1 Å². The predicted molar refractivity (Wildman–Crippen MR) is 104 cm³/mol. The fourth-order valence-electron chi connectivity index (χ4n) is 3.46. The van der Waals surface area contributed by atoms with E-state index in [1.807, 2.05) is 47.8 Å². The zero-order valence-corrected chi connectivity index (χ0v) is 16.4. The van der Waals surface area contributed by atoms with Gasteiger partial charge in [-0.05, 0) is 49.3 Å². The third-order valence-electron chi connectivity index (χ3n) is 5.12. The maximum absolute atomic E-state index is 12.7. The van der Waals surface area contributed by atoms with Gasteiger partial charge in [0.1, 0.15) is 5.54 Å². The van der Waals surface area contributed by atoms with E-state index in [2.05, 4.69) is 12.2 Å². The van der Waals surface area contributed by atoms with Crippen LogP contribution in [-0.2, 0) is 9.53 Å². The molecule has 1 aliphatic heterocycles. The second-order valence-electron chi connectivity index (χ2n) is 6.91. The number of carbonyl (C=O) groups is 2. The molecule has 1 heterocycles. The second-order valence-corrected chi connectivity index (χ2v) is 9.63. The summed E-state index contributed by atoms with van der Waals surface area (Å²) in [7, 11) is 1.39. The number of nitrogens with one attached hydrogen (secondary N) is 1. The SMILES string of the molecule is COC(=O)C1(NC(=O)c2ccc(C3SCCS3)cc2)CCC(C)CC1. The molecule has 0 bridgehead atoms. The van der Waals surface area contributed by atoms with Crippen LogP contribution in [0.25, 0.3) is 0 Å². The van der Waals surface area contributed by atoms with E-state index >= 15 is 0 Å². The molecule has 0 unspecified atom stereocenters. The van der Waals surface area contributed by atoms with Crippen molar-refractivity contribution in [2.45, 2.75) is 42.7 Å². The van der Waals surface area contributed by atoms with Crippen molar-refractivity contribution in [3.05, 3.63) is 35.4 Å². The molecule has 3 rings (SSSR count). The van der Waals surface area contributed by atoms with Crippen LogP contribution < -0.4 is 5.32 Å². The number of hydrogen-bond acceptors (Lipinski definition) is 5. The average Bonchev–Trinajstić information content (AvgIpc) is 3.18. The number of hydrogen-bond donors (Lipinski definition) is 1. The molecule has 0 spiro atoms. The molecule has 1 aromatic rings. The predicted octanol–water partition coefficient (Wildman–Crippen LogP) is 4.02. The third-order valence-corrected chi connectivity index (χ3v) is 8.23. The third kappa shape index (κ3) is 4.17. The standard InChI is InChI=1S/C19H25NO3S2/c1-13-7-9-19(10-8-13,18(22)23-2)20-16(21)14-3-5-15(6-4-14)17-24-11-12-25-17/h3-6,13,17H,7-12H2,1-2H3,(H,20,21). The van der Waals surface area contributed by atoms with Crippen molar-refractivity contribution in [3.8, 4) is 0 Å². The minimum absolute atomic E-state index is 0.196. The van der Waals surface area contributed by atoms with E-state index < -0.39 is 5.54 Å². The molecule has 0 aromatic heterocycles. The Labute approximate surface area is 157 Å². The number of methoxy groups -OCH3 is 1. The summed E-state index contributed by atoms with van der Waals surface area (Å²) in [4.78, 5) is 25.1. The first-order chi connectivity index (χ1) is 12.0. The Morgan fingerprint density at radius 2 is 1.72 bits per heavy atom. The van der Waals surface area contributed by atoms with Crippen LogP contribution in [0.3, 0.4) is 0 Å². The molecule has 1 aliphatic carbocycles. The van der Waals surface area contributed by atoms with Gasteiger partial charge in [0.05, 0.1) is 11.7 Å². The highest BCUT2D eigenvalue weighted by Crippen LogP contribution is 2.45. The van der Waals surface area contributed by atoms with E-state index in [9.17, 15) is 9.59 Å². The molecule has 136 valence electrons. The summed E-state index contributed by atoms with van der Waals surface area (Å²) in [5, 5.41) is 2.99. The van der Waals surface area contributed by atoms with Crippen LogP contribution in [0, 0.1) is 5.92 Å². The lowest BCUT2D eigenvalue weighted by Gasteiger charge is -2.37. The normalized spacial score (nSPS) is 27.0. The summed E-state index contributed by atoms with van der Waals surface area (Å²) in [5.74, 6) is 2.41. The van der Waals surface area contributed by atoms with Gasteiger partial charge >= 0.3 is 5.97 Å². The lowest BCUT2D eigenvalue weighted by molar-refractivity contribution is -0.150. The summed E-state index contributed by atoms with van der Waals surface area (Å²) >= 11 is 3.89. The maximum atomic E-state index is 12.7. The van der Waals surface area contributed by atoms with Gasteiger partial charge in [-0.2, -0.15) is 0 Å². The molecule has 4 nitrogen and oxygen atoms in total. The van der Waals surface area contributed by atoms with Crippen molar-refractivity contribution in [3.63, 3.8) is 0 Å². The molecular weight excluding hydrogens is 354 g/mol. The molecule has 1 amide bonds. The van der Waals surface area contributed by atoms with Crippen LogP contribution in [0.5, 0.6) is 0 Å². The maximum Gasteiger partial charge on any atom is 0.331 e. The van der Waals surface area contributed by atoms with Crippen LogP contribution in [0.15, 0.2) is 24.3 Å². The Morgan fingerprint density at radius 1 is 1.12 bits per heavy atom. The van der Waals surface area contributed by atoms with E-state index in [4.69, 9.17) is 4.74 Å². The van der Waals surface area contributed by atoms with Crippen LogP contribution in [0.4, 0.5) is 0 Å². The highest BCUT2D eigenvalue weighted by molar-refractivity contribution is 8.19. The van der Waals surface area contributed by atoms with Gasteiger partial charge in [0.25, 0.3) is 5.91 Å². The minimum atomic E-state index is -0.881. The fraction of sp³-hybridized carbons (Fsp3) is 0.579. The topological polar surface area (TPSA) is 55.4 Å². The summed E-state index contributed by atoms with van der Waals surface area (Å²) in [6.45, 7) is 2.18. The highest BCUT2D eigenvalue weighted by atomic mass is 32.2. The van der Waals surface area contributed by atoms with E-state index in [1.54, 1.807) is 0 Å². The number of rotatable bonds is 4. The first-order valence-electron chi connectivity index (χ1n) is 8.78. The molecule has 1 aromatic carbocycles. The molecular formula is C19H25NO3S2. The zero-order chi connectivity index (χ0) is 17.9. The molecule has 25 heavy (non-hydrogen) atoms. The number of carbonyl (C=O) groups excluding carboxylic acids is 2. The fourth-order valence-corrected chi connectivity index (χ4v) is 6.32. The van der Waals surface area contributed by atoms with Gasteiger partial charge in [0.2, 0.25) is 0 Å². The number of ether oxygens (including phenoxy) is 1. The highest BCUT2D eigenvalue weighted by Gasteiger charge is 2.43. The Bertz CT molecular complexity index is 618. The van der Waals surface area contributed by atoms with Crippen LogP contribution in [-0.4, -0.2) is 36.0 Å². The minimum Gasteiger partial charge on any atom is -0.467 e. The summed E-state index contributed by atoms with van der Waals surface area (Å²) in [5.41, 5.74) is 0.964. The number of benzene rings is 1. The summed E-state index contributed by atoms with van der Waals surface area (Å²) < 4.78 is 5.46. The van der Waals surface area contributed by atoms with Gasteiger partial charge in [-0.1, -0.05) is 19.1 Å². The van der Waals surface area contributed by atoms with Crippen LogP contribution in [0.1, 0.15) is 53.1 Å². The molecule has 1 saturated carbocycles. The lowest BCUT2D eigenvalue weighted by Crippen LogP contribution is -2.56.